The number of ether oxygens (including phenoxy) is 2. The maximum absolute atomic E-state index is 14.9. The summed E-state index contributed by atoms with van der Waals surface area (Å²) >= 11 is 0. The minimum atomic E-state index is -5.02. The van der Waals surface area contributed by atoms with Gasteiger partial charge in [0.2, 0.25) is 11.8 Å². The van der Waals surface area contributed by atoms with Crippen molar-refractivity contribution in [1.29, 1.82) is 0 Å². The number of rotatable bonds is 4. The van der Waals surface area contributed by atoms with Gasteiger partial charge in [0.25, 0.3) is 15.9 Å². The van der Waals surface area contributed by atoms with Crippen molar-refractivity contribution in [3.8, 4) is 22.9 Å². The third kappa shape index (κ3) is 7.78. The lowest BCUT2D eigenvalue weighted by atomic mass is 9.78. The predicted octanol–water partition coefficient (Wildman–Crippen LogP) is 6.00. The lowest BCUT2D eigenvalue weighted by Gasteiger charge is -2.41. The average molecular weight is 700 g/mol. The number of halogens is 4. The molecule has 0 saturated carbocycles. The highest BCUT2D eigenvalue weighted by Gasteiger charge is 2.37. The van der Waals surface area contributed by atoms with Crippen molar-refractivity contribution in [2.24, 2.45) is 5.41 Å². The molecule has 3 aromatic carbocycles. The molecule has 3 heterocycles. The number of nitrogens with zero attached hydrogens (tertiary/aromatic N) is 3. The van der Waals surface area contributed by atoms with Crippen LogP contribution in [0.4, 0.5) is 23.5 Å². The number of carbonyl (C=O) groups is 1. The van der Waals surface area contributed by atoms with Gasteiger partial charge in [-0.15, -0.1) is 13.2 Å². The number of hydrogen-bond donors (Lipinski definition) is 2. The molecule has 2 N–H and O–H groups in total. The maximum atomic E-state index is 14.9. The van der Waals surface area contributed by atoms with Crippen LogP contribution in [0.3, 0.4) is 0 Å². The van der Waals surface area contributed by atoms with Crippen LogP contribution in [-0.4, -0.2) is 61.8 Å². The van der Waals surface area contributed by atoms with E-state index in [1.165, 1.54) is 36.4 Å². The number of amides is 1. The van der Waals surface area contributed by atoms with Gasteiger partial charge >= 0.3 is 6.36 Å². The number of hydrogen-bond acceptors (Lipinski definition) is 8. The number of alkyl halides is 3. The van der Waals surface area contributed by atoms with Gasteiger partial charge in [0.15, 0.2) is 11.6 Å². The first-order valence-corrected chi connectivity index (χ1v) is 16.9. The Kier molecular flexibility index (Phi) is 9.24. The Morgan fingerprint density at radius 2 is 1.67 bits per heavy atom. The van der Waals surface area contributed by atoms with E-state index in [4.69, 9.17) is 4.74 Å². The first kappa shape index (κ1) is 34.1. The summed E-state index contributed by atoms with van der Waals surface area (Å²) in [5, 5.41) is 2.93. The van der Waals surface area contributed by atoms with E-state index in [-0.39, 0.29) is 47.5 Å². The zero-order valence-corrected chi connectivity index (χ0v) is 27.4. The topological polar surface area (TPSA) is 123 Å². The number of nitrogens with one attached hydrogen (secondary N) is 2. The van der Waals surface area contributed by atoms with Crippen molar-refractivity contribution in [2.45, 2.75) is 44.5 Å². The molecule has 1 amide bonds. The molecule has 1 saturated heterocycles. The van der Waals surface area contributed by atoms with Crippen molar-refractivity contribution in [3.63, 3.8) is 0 Å². The fourth-order valence-corrected chi connectivity index (χ4v) is 7.14. The molecule has 0 radical (unpaired) electrons. The minimum Gasteiger partial charge on any atom is -0.477 e. The van der Waals surface area contributed by atoms with Gasteiger partial charge in [-0.25, -0.2) is 22.5 Å². The van der Waals surface area contributed by atoms with Gasteiger partial charge in [-0.1, -0.05) is 36.4 Å². The summed E-state index contributed by atoms with van der Waals surface area (Å²) in [5.74, 6) is -2.54. The Morgan fingerprint density at radius 1 is 0.980 bits per heavy atom. The number of anilines is 1. The van der Waals surface area contributed by atoms with E-state index in [0.717, 1.165) is 22.8 Å². The smallest absolute Gasteiger partial charge is 0.477 e. The number of likely N-dealkylation sites (tertiary alicyclic amines) is 1. The van der Waals surface area contributed by atoms with Gasteiger partial charge in [-0.2, -0.15) is 4.98 Å². The van der Waals surface area contributed by atoms with Crippen LogP contribution in [0.5, 0.6) is 11.6 Å². The number of piperidine rings is 1. The molecule has 1 fully saturated rings. The Hall–Kier alpha value is -4.76. The normalized spacial score (nSPS) is 17.7. The van der Waals surface area contributed by atoms with Gasteiger partial charge in [-0.05, 0) is 75.2 Å². The van der Waals surface area contributed by atoms with Crippen LogP contribution in [0.25, 0.3) is 11.3 Å². The Balaban J connectivity index is 1.30. The molecule has 49 heavy (non-hydrogen) atoms. The Morgan fingerprint density at radius 3 is 2.39 bits per heavy atom. The molecule has 0 unspecified atom stereocenters. The van der Waals surface area contributed by atoms with Crippen LogP contribution < -0.4 is 19.5 Å². The highest BCUT2D eigenvalue weighted by Crippen LogP contribution is 2.36. The summed E-state index contributed by atoms with van der Waals surface area (Å²) < 4.78 is 92.6. The van der Waals surface area contributed by atoms with Crippen LogP contribution in [-0.2, 0) is 16.6 Å². The zero-order chi connectivity index (χ0) is 35.0. The van der Waals surface area contributed by atoms with Crippen molar-refractivity contribution in [3.05, 3.63) is 94.8 Å². The molecule has 0 aliphatic carbocycles. The van der Waals surface area contributed by atoms with E-state index in [9.17, 15) is 30.8 Å². The van der Waals surface area contributed by atoms with Gasteiger partial charge in [-0.3, -0.25) is 9.69 Å². The first-order chi connectivity index (χ1) is 23.2. The quantitative estimate of drug-likeness (QED) is 0.249. The largest absolute Gasteiger partial charge is 0.573 e. The second-order valence-electron chi connectivity index (χ2n) is 12.3. The van der Waals surface area contributed by atoms with E-state index in [1.807, 2.05) is 36.9 Å². The molecular weight excluding hydrogens is 666 g/mol. The van der Waals surface area contributed by atoms with Crippen molar-refractivity contribution in [1.82, 2.24) is 20.2 Å². The molecule has 10 nitrogen and oxygen atoms in total. The highest BCUT2D eigenvalue weighted by molar-refractivity contribution is 7.92. The van der Waals surface area contributed by atoms with E-state index < -0.39 is 39.3 Å². The maximum Gasteiger partial charge on any atom is 0.573 e. The summed E-state index contributed by atoms with van der Waals surface area (Å²) in [7, 11) is -4.19. The summed E-state index contributed by atoms with van der Waals surface area (Å²) in [5.41, 5.74) is 2.65. The molecule has 4 aromatic rings. The summed E-state index contributed by atoms with van der Waals surface area (Å²) in [6, 6.07) is 16.7. The van der Waals surface area contributed by atoms with Crippen molar-refractivity contribution >= 4 is 21.9 Å². The lowest BCUT2D eigenvalue weighted by Crippen LogP contribution is -2.49. The monoisotopic (exact) mass is 699 g/mol. The molecule has 15 heteroatoms. The van der Waals surface area contributed by atoms with E-state index in [1.54, 1.807) is 6.07 Å². The standard InChI is InChI=1S/C34H33F4N5O5S/c1-21-6-3-7-22(2)29(21)26-17-28-41-32(40-26)42-49(45,46)25-10-4-8-23(16-25)31(44)39-19-33(20-47-28)12-14-43(15-13-33)18-24-9-5-11-27(30(24)35)48-34(36,37)38/h3-11,16-17H,12-15,18-20H2,1-2H3,(H,39,44)(H,40,41,42). The fourth-order valence-electron chi connectivity index (χ4n) is 6.15. The average Bonchev–Trinajstić information content (AvgIpc) is 3.04. The summed E-state index contributed by atoms with van der Waals surface area (Å²) in [4.78, 5) is 23.9. The predicted molar refractivity (Wildman–Crippen MR) is 172 cm³/mol. The summed E-state index contributed by atoms with van der Waals surface area (Å²) in [6.45, 7) is 4.97. The van der Waals surface area contributed by atoms with Crippen LogP contribution in [0.15, 0.2) is 71.6 Å². The van der Waals surface area contributed by atoms with Gasteiger partial charge in [0.05, 0.1) is 17.2 Å². The number of carbonyl (C=O) groups excluding carboxylic acids is 1. The highest BCUT2D eigenvalue weighted by atomic mass is 32.2. The molecule has 258 valence electrons. The molecule has 2 aliphatic heterocycles. The number of aromatic nitrogens is 2. The van der Waals surface area contributed by atoms with Gasteiger partial charge in [0, 0.05) is 41.3 Å². The Labute approximate surface area is 280 Å². The number of fused-ring (bicyclic) bond motifs is 4. The third-order valence-corrected chi connectivity index (χ3v) is 10.1. The van der Waals surface area contributed by atoms with Crippen LogP contribution in [0, 0.1) is 25.1 Å². The van der Waals surface area contributed by atoms with Crippen LogP contribution in [0.1, 0.15) is 39.9 Å². The van der Waals surface area contributed by atoms with E-state index >= 15 is 0 Å². The molecule has 1 spiro atoms. The Bertz CT molecular complexity index is 1980. The first-order valence-electron chi connectivity index (χ1n) is 15.5. The van der Waals surface area contributed by atoms with Crippen LogP contribution in [0.2, 0.25) is 0 Å². The fraction of sp³-hybridized carbons (Fsp3) is 0.324. The molecule has 4 bridgehead atoms. The van der Waals surface area contributed by atoms with Crippen molar-refractivity contribution in [2.75, 3.05) is 31.0 Å². The number of aryl methyl sites for hydroxylation is 2. The van der Waals surface area contributed by atoms with E-state index in [2.05, 4.69) is 24.7 Å². The second-order valence-corrected chi connectivity index (χ2v) is 14.0. The van der Waals surface area contributed by atoms with Gasteiger partial charge in [0.1, 0.15) is 0 Å². The molecule has 2 aliphatic rings. The van der Waals surface area contributed by atoms with Crippen molar-refractivity contribution < 1.29 is 40.2 Å². The molecule has 0 atom stereocenters. The van der Waals surface area contributed by atoms with Crippen LogP contribution >= 0.6 is 0 Å². The zero-order valence-electron chi connectivity index (χ0n) is 26.6. The van der Waals surface area contributed by atoms with Gasteiger partial charge < -0.3 is 14.8 Å². The molecule has 6 rings (SSSR count). The molecular formula is C34H33F4N5O5S. The van der Waals surface area contributed by atoms with E-state index in [0.29, 0.717) is 31.6 Å². The minimum absolute atomic E-state index is 0.0472. The SMILES string of the molecule is Cc1cccc(C)c1-c1cc2nc(n1)NS(=O)(=O)c1cccc(c1)C(=O)NCC1(CCN(Cc3cccc(OC(F)(F)F)c3F)CC1)CO2. The summed E-state index contributed by atoms with van der Waals surface area (Å²) in [6.07, 6.45) is -4.08. The second kappa shape index (κ2) is 13.3. The lowest BCUT2D eigenvalue weighted by molar-refractivity contribution is -0.275. The number of sulfonamides is 1. The number of benzene rings is 3. The third-order valence-electron chi connectivity index (χ3n) is 8.80. The molecule has 1 aromatic heterocycles.